The molecule has 0 fully saturated rings. The van der Waals surface area contributed by atoms with Gasteiger partial charge in [-0.15, -0.1) is 0 Å². The van der Waals surface area contributed by atoms with Gasteiger partial charge in [0, 0.05) is 19.3 Å². The summed E-state index contributed by atoms with van der Waals surface area (Å²) < 4.78 is 68.0. The summed E-state index contributed by atoms with van der Waals surface area (Å²) in [7, 11) is -9.97. The van der Waals surface area contributed by atoms with E-state index in [4.69, 9.17) is 37.0 Å². The lowest BCUT2D eigenvalue weighted by Crippen LogP contribution is -2.30. The highest BCUT2D eigenvalue weighted by Gasteiger charge is 2.30. The molecule has 0 rings (SSSR count). The number of hydrogen-bond acceptors (Lipinski definition) is 15. The fourth-order valence-electron chi connectivity index (χ4n) is 8.62. The first-order chi connectivity index (χ1) is 44.7. The van der Waals surface area contributed by atoms with Gasteiger partial charge in [-0.05, 0) is 122 Å². The van der Waals surface area contributed by atoms with E-state index in [0.29, 0.717) is 25.7 Å². The molecule has 0 heterocycles. The van der Waals surface area contributed by atoms with Crippen molar-refractivity contribution in [2.45, 2.75) is 277 Å². The van der Waals surface area contributed by atoms with Crippen LogP contribution in [0.15, 0.2) is 122 Å². The molecule has 0 spiro atoms. The number of aliphatic hydroxyl groups is 1. The molecule has 19 heteroatoms. The second-order valence-electron chi connectivity index (χ2n) is 22.7. The maximum Gasteiger partial charge on any atom is 0.472 e. The summed E-state index contributed by atoms with van der Waals surface area (Å²) in [5, 5.41) is 10.6. The first kappa shape index (κ1) is 87.5. The summed E-state index contributed by atoms with van der Waals surface area (Å²) in [4.78, 5) is 72.4. The molecule has 92 heavy (non-hydrogen) atoms. The average molecular weight is 1330 g/mol. The molecule has 0 amide bonds. The Labute approximate surface area is 555 Å². The molecule has 0 bridgehead atoms. The number of esters is 4. The Bertz CT molecular complexity index is 2230. The van der Waals surface area contributed by atoms with Crippen LogP contribution in [-0.4, -0.2) is 96.7 Å². The molecule has 5 unspecified atom stereocenters. The smallest absolute Gasteiger partial charge is 0.462 e. The van der Waals surface area contributed by atoms with E-state index in [1.165, 1.54) is 25.7 Å². The number of phosphoric acid groups is 2. The molecule has 0 aliphatic heterocycles. The van der Waals surface area contributed by atoms with Crippen LogP contribution in [0.2, 0.25) is 0 Å². The minimum absolute atomic E-state index is 0.0624. The van der Waals surface area contributed by atoms with Crippen molar-refractivity contribution in [1.29, 1.82) is 0 Å². The fraction of sp³-hybridized carbons (Fsp3) is 0.671. The Morgan fingerprint density at radius 2 is 0.609 bits per heavy atom. The lowest BCUT2D eigenvalue weighted by Gasteiger charge is -2.21. The molecule has 0 aliphatic carbocycles. The van der Waals surface area contributed by atoms with Crippen molar-refractivity contribution in [3.05, 3.63) is 122 Å². The number of ether oxygens (including phenoxy) is 4. The van der Waals surface area contributed by atoms with Gasteiger partial charge in [-0.25, -0.2) is 9.13 Å². The van der Waals surface area contributed by atoms with Gasteiger partial charge in [-0.3, -0.25) is 37.3 Å². The largest absolute Gasteiger partial charge is 0.472 e. The number of rotatable bonds is 64. The molecule has 3 N–H and O–H groups in total. The zero-order valence-corrected chi connectivity index (χ0v) is 58.7. The third-order valence-electron chi connectivity index (χ3n) is 13.9. The molecule has 5 atom stereocenters. The van der Waals surface area contributed by atoms with Crippen LogP contribution in [0, 0.1) is 0 Å². The number of aliphatic hydroxyl groups excluding tert-OH is 1. The van der Waals surface area contributed by atoms with E-state index in [9.17, 15) is 43.2 Å². The van der Waals surface area contributed by atoms with Gasteiger partial charge >= 0.3 is 39.5 Å². The van der Waals surface area contributed by atoms with E-state index < -0.39 is 97.5 Å². The maximum absolute atomic E-state index is 13.0. The Morgan fingerprint density at radius 1 is 0.326 bits per heavy atom. The third kappa shape index (κ3) is 64.2. The molecule has 526 valence electrons. The Morgan fingerprint density at radius 3 is 0.978 bits per heavy atom. The number of unbranched alkanes of at least 4 members (excludes halogenated alkanes) is 19. The van der Waals surface area contributed by atoms with Gasteiger partial charge in [0.2, 0.25) is 0 Å². The minimum Gasteiger partial charge on any atom is -0.462 e. The zero-order chi connectivity index (χ0) is 67.5. The van der Waals surface area contributed by atoms with E-state index in [0.717, 1.165) is 154 Å². The Hall–Kier alpha value is -4.54. The van der Waals surface area contributed by atoms with E-state index in [1.54, 1.807) is 6.08 Å². The van der Waals surface area contributed by atoms with Gasteiger partial charge in [0.05, 0.1) is 32.8 Å². The number of phosphoric ester groups is 2. The van der Waals surface area contributed by atoms with Gasteiger partial charge in [-0.2, -0.15) is 0 Å². The van der Waals surface area contributed by atoms with Crippen LogP contribution in [0.3, 0.4) is 0 Å². The Balaban J connectivity index is 5.39. The standard InChI is InChI=1S/C73H122O17P2/c1-5-9-13-17-21-25-29-31-33-35-39-41-45-49-53-57-70(75)83-63-68(89-72(77)59-55-51-47-43-37-27-23-19-15-11-7-3)65-87-91(79,80)85-61-67(74)62-86-92(81,82)88-66-69(90-73(78)60-56-52-48-44-38-28-24-20-16-12-8-4)64-84-71(76)58-54-50-46-42-40-36-34-32-30-26-22-18-14-10-6-2/h9-10,13-14,19-26,31-34,39,41,49,53,67-69,74H,5-8,11-12,15-18,27-30,35-38,40,42-48,50-52,54-66H2,1-4H3,(H,79,80)(H,81,82)/b13-9-,14-10-,23-19-,24-20-,25-21-,26-22-,33-31-,34-32-,41-39-,53-49-. The van der Waals surface area contributed by atoms with E-state index in [-0.39, 0.29) is 25.7 Å². The first-order valence-corrected chi connectivity index (χ1v) is 37.8. The number of allylic oxidation sites excluding steroid dienone is 19. The predicted molar refractivity (Wildman–Crippen MR) is 371 cm³/mol. The van der Waals surface area contributed by atoms with Crippen molar-refractivity contribution in [3.63, 3.8) is 0 Å². The van der Waals surface area contributed by atoms with Crippen LogP contribution in [0.4, 0.5) is 0 Å². The Kier molecular flexibility index (Phi) is 61.9. The van der Waals surface area contributed by atoms with Crippen molar-refractivity contribution in [3.8, 4) is 0 Å². The zero-order valence-electron chi connectivity index (χ0n) is 56.9. The van der Waals surface area contributed by atoms with Gasteiger partial charge in [0.25, 0.3) is 0 Å². The van der Waals surface area contributed by atoms with Crippen LogP contribution >= 0.6 is 15.6 Å². The van der Waals surface area contributed by atoms with Gasteiger partial charge in [-0.1, -0.05) is 233 Å². The van der Waals surface area contributed by atoms with Gasteiger partial charge in [0.1, 0.15) is 19.3 Å². The van der Waals surface area contributed by atoms with Gasteiger partial charge < -0.3 is 33.8 Å². The lowest BCUT2D eigenvalue weighted by atomic mass is 10.1. The van der Waals surface area contributed by atoms with E-state index in [2.05, 4.69) is 125 Å². The predicted octanol–water partition coefficient (Wildman–Crippen LogP) is 19.2. The molecular formula is C73H122O17P2. The van der Waals surface area contributed by atoms with E-state index in [1.807, 2.05) is 18.2 Å². The van der Waals surface area contributed by atoms with Crippen molar-refractivity contribution in [2.24, 2.45) is 0 Å². The highest BCUT2D eigenvalue weighted by Crippen LogP contribution is 2.45. The highest BCUT2D eigenvalue weighted by atomic mass is 31.2. The normalized spacial score (nSPS) is 14.8. The van der Waals surface area contributed by atoms with Crippen LogP contribution in [0.1, 0.15) is 259 Å². The molecule has 0 aromatic heterocycles. The lowest BCUT2D eigenvalue weighted by molar-refractivity contribution is -0.161. The molecule has 0 saturated carbocycles. The quantitative estimate of drug-likeness (QED) is 0.0169. The summed E-state index contributed by atoms with van der Waals surface area (Å²) in [6.07, 6.45) is 68.3. The minimum atomic E-state index is -4.99. The second kappa shape index (κ2) is 65.1. The SMILES string of the molecule is CC/C=C\C/C=C\C/C=C\C/C=C\C/C=C\CC(=O)OCC(COP(=O)(O)OCC(O)COP(=O)(O)OCC(COC(=O)CCCCCCC/C=C\C/C=C\C/C=C\CC)OC(=O)CCCCCCC/C=C\CCCC)OC(=O)CCCCCCC/C=C\CCCC. The first-order valence-electron chi connectivity index (χ1n) is 34.8. The van der Waals surface area contributed by atoms with Crippen molar-refractivity contribution >= 4 is 39.5 Å². The third-order valence-corrected chi connectivity index (χ3v) is 15.8. The molecule has 0 aromatic carbocycles. The summed E-state index contributed by atoms with van der Waals surface area (Å²) in [6, 6.07) is 0. The summed E-state index contributed by atoms with van der Waals surface area (Å²) in [6.45, 7) is 4.37. The molecule has 0 aromatic rings. The second-order valence-corrected chi connectivity index (χ2v) is 25.6. The monoisotopic (exact) mass is 1330 g/mol. The average Bonchev–Trinajstić information content (AvgIpc) is 2.55. The van der Waals surface area contributed by atoms with Crippen LogP contribution < -0.4 is 0 Å². The molecule has 0 aliphatic rings. The fourth-order valence-corrected chi connectivity index (χ4v) is 10.2. The van der Waals surface area contributed by atoms with Crippen LogP contribution in [0.25, 0.3) is 0 Å². The molecule has 0 saturated heterocycles. The van der Waals surface area contributed by atoms with Crippen molar-refractivity contribution in [1.82, 2.24) is 0 Å². The van der Waals surface area contributed by atoms with Crippen molar-refractivity contribution in [2.75, 3.05) is 39.6 Å². The maximum atomic E-state index is 13.0. The van der Waals surface area contributed by atoms with Crippen LogP contribution in [0.5, 0.6) is 0 Å². The summed E-state index contributed by atoms with van der Waals surface area (Å²) in [5.74, 6) is -2.37. The number of hydrogen-bond donors (Lipinski definition) is 3. The van der Waals surface area contributed by atoms with Crippen molar-refractivity contribution < 1.29 is 80.2 Å². The number of carbonyl (C=O) groups is 4. The molecular weight excluding hydrogens is 1210 g/mol. The van der Waals surface area contributed by atoms with Gasteiger partial charge in [0.15, 0.2) is 12.2 Å². The topological polar surface area (TPSA) is 237 Å². The molecule has 17 nitrogen and oxygen atoms in total. The van der Waals surface area contributed by atoms with E-state index >= 15 is 0 Å². The number of carbonyl (C=O) groups excluding carboxylic acids is 4. The summed E-state index contributed by atoms with van der Waals surface area (Å²) >= 11 is 0. The summed E-state index contributed by atoms with van der Waals surface area (Å²) in [5.41, 5.74) is 0. The molecule has 0 radical (unpaired) electrons. The van der Waals surface area contributed by atoms with Crippen LogP contribution in [-0.2, 0) is 65.4 Å². The highest BCUT2D eigenvalue weighted by molar-refractivity contribution is 7.47.